The van der Waals surface area contributed by atoms with Crippen molar-refractivity contribution in [2.24, 2.45) is 10.9 Å². The molecule has 2 N–H and O–H groups in total. The van der Waals surface area contributed by atoms with E-state index in [-0.39, 0.29) is 24.0 Å². The minimum atomic E-state index is 0. The van der Waals surface area contributed by atoms with Gasteiger partial charge in [-0.15, -0.1) is 24.0 Å². The number of nitrogens with zero attached hydrogens (tertiary/aromatic N) is 3. The predicted octanol–water partition coefficient (Wildman–Crippen LogP) is 2.77. The Labute approximate surface area is 182 Å². The standard InChI is InChI=1S/C21H35N5.HI/c1-17-12-20(16-26(17)15-18-8-5-4-6-9-18)24-21(22-2)23-13-19-10-7-11-25(3)14-19;/h4-6,8-9,17,19-20H,7,10-16H2,1-3H3,(H2,22,23,24);1H. The van der Waals surface area contributed by atoms with Crippen LogP contribution in [-0.4, -0.2) is 68.1 Å². The lowest BCUT2D eigenvalue weighted by Gasteiger charge is -2.30. The molecule has 0 saturated carbocycles. The summed E-state index contributed by atoms with van der Waals surface area (Å²) in [6, 6.07) is 11.8. The molecule has 3 atom stereocenters. The van der Waals surface area contributed by atoms with E-state index in [0.717, 1.165) is 31.5 Å². The molecule has 2 saturated heterocycles. The SMILES string of the molecule is CN=C(NCC1CCCN(C)C1)NC1CC(C)N(Cc2ccccc2)C1.I. The summed E-state index contributed by atoms with van der Waals surface area (Å²) in [6.07, 6.45) is 3.79. The Bertz CT molecular complexity index is 579. The first-order valence-corrected chi connectivity index (χ1v) is 10.1. The summed E-state index contributed by atoms with van der Waals surface area (Å²) < 4.78 is 0. The average molecular weight is 485 g/mol. The molecule has 3 rings (SSSR count). The Kier molecular flexibility index (Phi) is 9.32. The summed E-state index contributed by atoms with van der Waals surface area (Å²) in [6.45, 7) is 7.87. The van der Waals surface area contributed by atoms with Gasteiger partial charge in [0, 0.05) is 45.3 Å². The van der Waals surface area contributed by atoms with Gasteiger partial charge < -0.3 is 15.5 Å². The van der Waals surface area contributed by atoms with Gasteiger partial charge in [-0.05, 0) is 51.3 Å². The molecule has 2 aliphatic rings. The van der Waals surface area contributed by atoms with Crippen molar-refractivity contribution in [3.63, 3.8) is 0 Å². The lowest BCUT2D eigenvalue weighted by atomic mass is 9.98. The van der Waals surface area contributed by atoms with Gasteiger partial charge in [0.15, 0.2) is 5.96 Å². The van der Waals surface area contributed by atoms with Crippen molar-refractivity contribution in [3.8, 4) is 0 Å². The van der Waals surface area contributed by atoms with Crippen LogP contribution < -0.4 is 10.6 Å². The molecule has 6 heteroatoms. The van der Waals surface area contributed by atoms with Gasteiger partial charge in [0.25, 0.3) is 0 Å². The highest BCUT2D eigenvalue weighted by molar-refractivity contribution is 14.0. The summed E-state index contributed by atoms with van der Waals surface area (Å²) in [5.41, 5.74) is 1.39. The number of hydrogen-bond acceptors (Lipinski definition) is 3. The largest absolute Gasteiger partial charge is 0.356 e. The first-order chi connectivity index (χ1) is 12.6. The zero-order valence-corrected chi connectivity index (χ0v) is 19.4. The summed E-state index contributed by atoms with van der Waals surface area (Å²) >= 11 is 0. The molecule has 0 spiro atoms. The summed E-state index contributed by atoms with van der Waals surface area (Å²) in [7, 11) is 4.10. The van der Waals surface area contributed by atoms with Crippen molar-refractivity contribution < 1.29 is 0 Å². The van der Waals surface area contributed by atoms with Crippen LogP contribution in [0.15, 0.2) is 35.3 Å². The van der Waals surface area contributed by atoms with Crippen molar-refractivity contribution in [1.82, 2.24) is 20.4 Å². The fourth-order valence-electron chi connectivity index (χ4n) is 4.31. The fraction of sp³-hybridized carbons (Fsp3) is 0.667. The molecule has 2 fully saturated rings. The highest BCUT2D eigenvalue weighted by Gasteiger charge is 2.29. The van der Waals surface area contributed by atoms with Crippen LogP contribution in [0.3, 0.4) is 0 Å². The Hall–Kier alpha value is -0.860. The Balaban J connectivity index is 0.00000261. The number of benzene rings is 1. The fourth-order valence-corrected chi connectivity index (χ4v) is 4.31. The van der Waals surface area contributed by atoms with Crippen molar-refractivity contribution >= 4 is 29.9 Å². The second-order valence-electron chi connectivity index (χ2n) is 8.06. The van der Waals surface area contributed by atoms with E-state index in [2.05, 4.69) is 69.7 Å². The summed E-state index contributed by atoms with van der Waals surface area (Å²) in [4.78, 5) is 9.45. The van der Waals surface area contributed by atoms with E-state index < -0.39 is 0 Å². The number of nitrogens with one attached hydrogen (secondary N) is 2. The highest BCUT2D eigenvalue weighted by atomic mass is 127. The van der Waals surface area contributed by atoms with Crippen LogP contribution >= 0.6 is 24.0 Å². The van der Waals surface area contributed by atoms with Crippen molar-refractivity contribution in [2.75, 3.05) is 40.3 Å². The molecule has 1 aromatic rings. The molecule has 152 valence electrons. The van der Waals surface area contributed by atoms with E-state index in [1.54, 1.807) is 0 Å². The number of halogens is 1. The van der Waals surface area contributed by atoms with Crippen LogP contribution in [0.2, 0.25) is 0 Å². The molecular weight excluding hydrogens is 449 g/mol. The lowest BCUT2D eigenvalue weighted by Crippen LogP contribution is -2.47. The van der Waals surface area contributed by atoms with Gasteiger partial charge in [0.1, 0.15) is 0 Å². The predicted molar refractivity (Wildman–Crippen MR) is 125 cm³/mol. The third-order valence-corrected chi connectivity index (χ3v) is 5.78. The molecule has 2 aliphatic heterocycles. The van der Waals surface area contributed by atoms with Crippen LogP contribution in [0.4, 0.5) is 0 Å². The normalized spacial score (nSPS) is 27.2. The van der Waals surface area contributed by atoms with Gasteiger partial charge in [-0.3, -0.25) is 9.89 Å². The molecule has 2 heterocycles. The van der Waals surface area contributed by atoms with Crippen LogP contribution in [0, 0.1) is 5.92 Å². The van der Waals surface area contributed by atoms with Crippen LogP contribution in [0.25, 0.3) is 0 Å². The lowest BCUT2D eigenvalue weighted by molar-refractivity contribution is 0.210. The number of likely N-dealkylation sites (tertiary alicyclic amines) is 2. The molecule has 0 aliphatic carbocycles. The molecule has 0 aromatic heterocycles. The Morgan fingerprint density at radius 2 is 2.00 bits per heavy atom. The molecule has 3 unspecified atom stereocenters. The van der Waals surface area contributed by atoms with E-state index in [1.165, 1.54) is 37.9 Å². The first-order valence-electron chi connectivity index (χ1n) is 10.1. The van der Waals surface area contributed by atoms with Gasteiger partial charge in [0.05, 0.1) is 0 Å². The van der Waals surface area contributed by atoms with Gasteiger partial charge in [-0.25, -0.2) is 0 Å². The second kappa shape index (κ2) is 11.2. The van der Waals surface area contributed by atoms with Crippen molar-refractivity contribution in [2.45, 2.75) is 44.8 Å². The smallest absolute Gasteiger partial charge is 0.191 e. The van der Waals surface area contributed by atoms with Gasteiger partial charge in [-0.1, -0.05) is 30.3 Å². The topological polar surface area (TPSA) is 42.9 Å². The van der Waals surface area contributed by atoms with Crippen molar-refractivity contribution in [3.05, 3.63) is 35.9 Å². The molecule has 1 aromatic carbocycles. The van der Waals surface area contributed by atoms with Crippen molar-refractivity contribution in [1.29, 1.82) is 0 Å². The van der Waals surface area contributed by atoms with E-state index in [4.69, 9.17) is 0 Å². The van der Waals surface area contributed by atoms with Gasteiger partial charge in [0.2, 0.25) is 0 Å². The van der Waals surface area contributed by atoms with Crippen LogP contribution in [0.1, 0.15) is 31.7 Å². The maximum absolute atomic E-state index is 4.45. The van der Waals surface area contributed by atoms with Crippen LogP contribution in [0.5, 0.6) is 0 Å². The van der Waals surface area contributed by atoms with Gasteiger partial charge >= 0.3 is 0 Å². The molecule has 5 nitrogen and oxygen atoms in total. The number of rotatable bonds is 5. The molecule has 0 amide bonds. The second-order valence-corrected chi connectivity index (χ2v) is 8.06. The quantitative estimate of drug-likeness (QED) is 0.383. The maximum Gasteiger partial charge on any atom is 0.191 e. The monoisotopic (exact) mass is 485 g/mol. The molecule has 0 bridgehead atoms. The van der Waals surface area contributed by atoms with E-state index in [1.807, 2.05) is 7.05 Å². The summed E-state index contributed by atoms with van der Waals surface area (Å²) in [5.74, 6) is 1.68. The zero-order valence-electron chi connectivity index (χ0n) is 17.0. The third kappa shape index (κ3) is 6.91. The number of piperidine rings is 1. The Morgan fingerprint density at radius 1 is 1.22 bits per heavy atom. The first kappa shape index (κ1) is 22.4. The highest BCUT2D eigenvalue weighted by Crippen LogP contribution is 2.20. The number of guanidine groups is 1. The van der Waals surface area contributed by atoms with E-state index in [9.17, 15) is 0 Å². The third-order valence-electron chi connectivity index (χ3n) is 5.78. The maximum atomic E-state index is 4.45. The summed E-state index contributed by atoms with van der Waals surface area (Å²) in [5, 5.41) is 7.21. The van der Waals surface area contributed by atoms with Gasteiger partial charge in [-0.2, -0.15) is 0 Å². The zero-order chi connectivity index (χ0) is 18.4. The molecular formula is C21H36IN5. The number of aliphatic imine (C=N–C) groups is 1. The average Bonchev–Trinajstić information content (AvgIpc) is 2.98. The molecule has 27 heavy (non-hydrogen) atoms. The minimum absolute atomic E-state index is 0. The Morgan fingerprint density at radius 3 is 2.70 bits per heavy atom. The number of hydrogen-bond donors (Lipinski definition) is 2. The molecule has 0 radical (unpaired) electrons. The van der Waals surface area contributed by atoms with E-state index >= 15 is 0 Å². The minimum Gasteiger partial charge on any atom is -0.356 e. The van der Waals surface area contributed by atoms with E-state index in [0.29, 0.717) is 12.1 Å². The van der Waals surface area contributed by atoms with Crippen LogP contribution in [-0.2, 0) is 6.54 Å².